The van der Waals surface area contributed by atoms with Gasteiger partial charge in [-0.15, -0.1) is 0 Å². The highest BCUT2D eigenvalue weighted by Crippen LogP contribution is 2.13. The van der Waals surface area contributed by atoms with Gasteiger partial charge in [-0.05, 0) is 18.6 Å². The predicted octanol–water partition coefficient (Wildman–Crippen LogP) is 3.22. The quantitative estimate of drug-likeness (QED) is 0.562. The molecule has 0 unspecified atom stereocenters. The molecule has 0 N–H and O–H groups in total. The summed E-state index contributed by atoms with van der Waals surface area (Å²) in [4.78, 5) is 11.5. The minimum absolute atomic E-state index is 0.0442. The third kappa shape index (κ3) is 3.20. The summed E-state index contributed by atoms with van der Waals surface area (Å²) in [6.45, 7) is 0. The molecule has 0 saturated heterocycles. The molecule has 72 valence electrons. The van der Waals surface area contributed by atoms with Gasteiger partial charge in [0.25, 0.3) is 0 Å². The number of unbranched alkanes of at least 4 members (excludes halogenated alkanes) is 1. The number of nitriles is 1. The van der Waals surface area contributed by atoms with Crippen molar-refractivity contribution in [3.8, 4) is 6.07 Å². The third-order valence-electron chi connectivity index (χ3n) is 1.84. The van der Waals surface area contributed by atoms with Gasteiger partial charge in [0.2, 0.25) is 0 Å². The largest absolute Gasteiger partial charge is 0.294 e. The zero-order valence-corrected chi connectivity index (χ0v) is 8.42. The lowest BCUT2D eigenvalue weighted by molar-refractivity contribution is 0.0980. The first-order valence-corrected chi connectivity index (χ1v) is 4.77. The van der Waals surface area contributed by atoms with Gasteiger partial charge in [0.05, 0.1) is 6.07 Å². The van der Waals surface area contributed by atoms with E-state index in [0.717, 1.165) is 0 Å². The number of hydrogen-bond acceptors (Lipinski definition) is 2. The van der Waals surface area contributed by atoms with Gasteiger partial charge < -0.3 is 0 Å². The molecule has 0 heterocycles. The van der Waals surface area contributed by atoms with Gasteiger partial charge in [-0.2, -0.15) is 5.26 Å². The maximum atomic E-state index is 11.5. The molecule has 1 aromatic carbocycles. The Morgan fingerprint density at radius 3 is 2.93 bits per heavy atom. The molecule has 0 aliphatic heterocycles. The lowest BCUT2D eigenvalue weighted by Crippen LogP contribution is -1.98. The Bertz CT molecular complexity index is 368. The van der Waals surface area contributed by atoms with Crippen molar-refractivity contribution in [2.75, 3.05) is 0 Å². The van der Waals surface area contributed by atoms with Crippen LogP contribution < -0.4 is 0 Å². The first-order valence-electron chi connectivity index (χ1n) is 4.40. The maximum Gasteiger partial charge on any atom is 0.162 e. The average molecular weight is 208 g/mol. The molecule has 2 nitrogen and oxygen atoms in total. The summed E-state index contributed by atoms with van der Waals surface area (Å²) < 4.78 is 0. The van der Waals surface area contributed by atoms with E-state index in [4.69, 9.17) is 16.9 Å². The van der Waals surface area contributed by atoms with Crippen LogP contribution in [0.25, 0.3) is 0 Å². The van der Waals surface area contributed by atoms with Crippen molar-refractivity contribution in [3.63, 3.8) is 0 Å². The fourth-order valence-corrected chi connectivity index (χ4v) is 1.32. The summed E-state index contributed by atoms with van der Waals surface area (Å²) in [6.07, 6.45) is 1.45. The van der Waals surface area contributed by atoms with Crippen LogP contribution in [-0.2, 0) is 0 Å². The summed E-state index contributed by atoms with van der Waals surface area (Å²) in [5.41, 5.74) is 0.621. The molecule has 0 aromatic heterocycles. The normalized spacial score (nSPS) is 9.43. The number of halogens is 1. The van der Waals surface area contributed by atoms with Crippen molar-refractivity contribution in [1.82, 2.24) is 0 Å². The Morgan fingerprint density at radius 2 is 2.29 bits per heavy atom. The van der Waals surface area contributed by atoms with Gasteiger partial charge in [-0.25, -0.2) is 0 Å². The van der Waals surface area contributed by atoms with Crippen molar-refractivity contribution < 1.29 is 4.79 Å². The van der Waals surface area contributed by atoms with E-state index >= 15 is 0 Å². The lowest BCUT2D eigenvalue weighted by atomic mass is 10.1. The van der Waals surface area contributed by atoms with Crippen LogP contribution in [0.1, 0.15) is 29.6 Å². The highest BCUT2D eigenvalue weighted by atomic mass is 35.5. The Hall–Kier alpha value is -1.33. The third-order valence-corrected chi connectivity index (χ3v) is 2.07. The molecule has 0 aliphatic carbocycles. The Labute approximate surface area is 88.1 Å². The molecule has 0 saturated carbocycles. The number of carbonyl (C=O) groups is 1. The van der Waals surface area contributed by atoms with E-state index in [0.29, 0.717) is 29.8 Å². The SMILES string of the molecule is N#CCCCC(=O)c1cccc(Cl)c1. The summed E-state index contributed by atoms with van der Waals surface area (Å²) in [5.74, 6) is 0.0442. The zero-order valence-electron chi connectivity index (χ0n) is 7.66. The number of rotatable bonds is 4. The molecule has 3 heteroatoms. The topological polar surface area (TPSA) is 40.9 Å². The van der Waals surface area contributed by atoms with Crippen LogP contribution >= 0.6 is 11.6 Å². The Kier molecular flexibility index (Phi) is 4.15. The summed E-state index contributed by atoms with van der Waals surface area (Å²) in [5, 5.41) is 8.88. The zero-order chi connectivity index (χ0) is 10.4. The summed E-state index contributed by atoms with van der Waals surface area (Å²) >= 11 is 5.75. The number of Topliss-reactive ketones (excluding diaryl/α,β-unsaturated/α-hetero) is 1. The van der Waals surface area contributed by atoms with E-state index in [1.54, 1.807) is 24.3 Å². The highest BCUT2D eigenvalue weighted by Gasteiger charge is 2.05. The van der Waals surface area contributed by atoms with E-state index in [1.165, 1.54) is 0 Å². The Morgan fingerprint density at radius 1 is 1.50 bits per heavy atom. The molecule has 0 bridgehead atoms. The molecular weight excluding hydrogens is 198 g/mol. The number of ketones is 1. The molecule has 0 spiro atoms. The Balaban J connectivity index is 2.57. The second kappa shape index (κ2) is 5.41. The number of carbonyl (C=O) groups excluding carboxylic acids is 1. The number of nitrogens with zero attached hydrogens (tertiary/aromatic N) is 1. The van der Waals surface area contributed by atoms with Crippen molar-refractivity contribution in [1.29, 1.82) is 5.26 Å². The minimum Gasteiger partial charge on any atom is -0.294 e. The standard InChI is InChI=1S/C11H10ClNO/c12-10-5-3-4-9(8-10)11(14)6-1-2-7-13/h3-5,8H,1-2,6H2. The van der Waals surface area contributed by atoms with Gasteiger partial charge in [-0.1, -0.05) is 23.7 Å². The van der Waals surface area contributed by atoms with Crippen LogP contribution in [0.4, 0.5) is 0 Å². The number of benzene rings is 1. The molecular formula is C11H10ClNO. The monoisotopic (exact) mass is 207 g/mol. The van der Waals surface area contributed by atoms with E-state index in [1.807, 2.05) is 6.07 Å². The first-order chi connectivity index (χ1) is 6.74. The average Bonchev–Trinajstić information content (AvgIpc) is 2.18. The molecule has 1 aromatic rings. The van der Waals surface area contributed by atoms with Crippen LogP contribution in [0.2, 0.25) is 5.02 Å². The molecule has 1 rings (SSSR count). The lowest BCUT2D eigenvalue weighted by Gasteiger charge is -1.99. The molecule has 0 atom stereocenters. The molecule has 0 aliphatic rings. The minimum atomic E-state index is 0.0442. The van der Waals surface area contributed by atoms with Crippen LogP contribution in [0.15, 0.2) is 24.3 Å². The van der Waals surface area contributed by atoms with Gasteiger partial charge in [0.1, 0.15) is 0 Å². The van der Waals surface area contributed by atoms with Crippen LogP contribution in [0, 0.1) is 11.3 Å². The second-order valence-electron chi connectivity index (χ2n) is 2.95. The summed E-state index contributed by atoms with van der Waals surface area (Å²) in [6, 6.07) is 8.87. The van der Waals surface area contributed by atoms with Crippen molar-refractivity contribution >= 4 is 17.4 Å². The molecule has 0 fully saturated rings. The van der Waals surface area contributed by atoms with Crippen LogP contribution in [0.3, 0.4) is 0 Å². The second-order valence-corrected chi connectivity index (χ2v) is 3.38. The highest BCUT2D eigenvalue weighted by molar-refractivity contribution is 6.31. The fourth-order valence-electron chi connectivity index (χ4n) is 1.13. The fraction of sp³-hybridized carbons (Fsp3) is 0.273. The van der Waals surface area contributed by atoms with Gasteiger partial charge in [-0.3, -0.25) is 4.79 Å². The van der Waals surface area contributed by atoms with Crippen molar-refractivity contribution in [2.24, 2.45) is 0 Å². The molecule has 0 amide bonds. The van der Waals surface area contributed by atoms with Crippen molar-refractivity contribution in [3.05, 3.63) is 34.9 Å². The molecule has 14 heavy (non-hydrogen) atoms. The van der Waals surface area contributed by atoms with E-state index in [-0.39, 0.29) is 5.78 Å². The molecule has 0 radical (unpaired) electrons. The van der Waals surface area contributed by atoms with E-state index < -0.39 is 0 Å². The first kappa shape index (κ1) is 10.7. The maximum absolute atomic E-state index is 11.5. The summed E-state index contributed by atoms with van der Waals surface area (Å²) in [7, 11) is 0. The number of hydrogen-bond donors (Lipinski definition) is 0. The van der Waals surface area contributed by atoms with Crippen molar-refractivity contribution in [2.45, 2.75) is 19.3 Å². The smallest absolute Gasteiger partial charge is 0.162 e. The van der Waals surface area contributed by atoms with Crippen LogP contribution in [0.5, 0.6) is 0 Å². The predicted molar refractivity (Wildman–Crippen MR) is 55.2 cm³/mol. The van der Waals surface area contributed by atoms with Gasteiger partial charge in [0, 0.05) is 23.4 Å². The van der Waals surface area contributed by atoms with Gasteiger partial charge in [0.15, 0.2) is 5.78 Å². The van der Waals surface area contributed by atoms with E-state index in [9.17, 15) is 4.79 Å². The van der Waals surface area contributed by atoms with E-state index in [2.05, 4.69) is 0 Å². The van der Waals surface area contributed by atoms with Crippen LogP contribution in [-0.4, -0.2) is 5.78 Å². The van der Waals surface area contributed by atoms with Gasteiger partial charge >= 0.3 is 0 Å².